The Kier molecular flexibility index (Phi) is 7.67. The molecule has 1 rings (SSSR count). The number of rotatable bonds is 2. The predicted molar refractivity (Wildman–Crippen MR) is 61.3 cm³/mol. The van der Waals surface area contributed by atoms with E-state index in [0.717, 1.165) is 5.56 Å². The second-order valence-corrected chi connectivity index (χ2v) is 2.59. The van der Waals surface area contributed by atoms with Crippen molar-refractivity contribution >= 4 is 30.6 Å². The Morgan fingerprint density at radius 1 is 1.23 bits per heavy atom. The summed E-state index contributed by atoms with van der Waals surface area (Å²) >= 11 is 0. The van der Waals surface area contributed by atoms with Crippen molar-refractivity contribution in [3.8, 4) is 0 Å². The van der Waals surface area contributed by atoms with Crippen LogP contribution in [0.3, 0.4) is 0 Å². The molecule has 0 aliphatic carbocycles. The molecule has 13 heavy (non-hydrogen) atoms. The molecule has 0 saturated carbocycles. The van der Waals surface area contributed by atoms with Crippen molar-refractivity contribution in [2.75, 3.05) is 0 Å². The maximum Gasteiger partial charge on any atom is 0.0979 e. The summed E-state index contributed by atoms with van der Waals surface area (Å²) in [4.78, 5) is 0. The topological polar surface area (TPSA) is 49.9 Å². The molecule has 0 amide bonds. The Morgan fingerprint density at radius 3 is 2.08 bits per heavy atom. The Balaban J connectivity index is 0. The van der Waals surface area contributed by atoms with Crippen molar-refractivity contribution < 1.29 is 0 Å². The number of halogens is 2. The van der Waals surface area contributed by atoms with Crippen molar-refractivity contribution in [1.82, 2.24) is 0 Å². The summed E-state index contributed by atoms with van der Waals surface area (Å²) in [6.45, 7) is 1.93. The molecule has 3 N–H and O–H groups in total. The van der Waals surface area contributed by atoms with Gasteiger partial charge in [-0.15, -0.1) is 24.8 Å². The molecule has 0 saturated heterocycles. The zero-order valence-corrected chi connectivity index (χ0v) is 8.99. The second-order valence-electron chi connectivity index (χ2n) is 2.59. The van der Waals surface area contributed by atoms with Gasteiger partial charge in [-0.25, -0.2) is 0 Å². The van der Waals surface area contributed by atoms with Gasteiger partial charge in [0.05, 0.1) is 5.84 Å². The van der Waals surface area contributed by atoms with E-state index < -0.39 is 0 Å². The maximum absolute atomic E-state index is 7.22. The van der Waals surface area contributed by atoms with Crippen LogP contribution in [-0.2, 0) is 0 Å². The fourth-order valence-corrected chi connectivity index (χ4v) is 0.921. The molecule has 0 aliphatic heterocycles. The summed E-state index contributed by atoms with van der Waals surface area (Å²) in [6, 6.07) is 9.82. The fraction of sp³-hybridized carbons (Fsp3) is 0.222. The summed E-state index contributed by atoms with van der Waals surface area (Å²) in [6.07, 6.45) is 0. The third kappa shape index (κ3) is 4.15. The quantitative estimate of drug-likeness (QED) is 0.585. The number of nitrogens with one attached hydrogen (secondary N) is 1. The van der Waals surface area contributed by atoms with Gasteiger partial charge in [0.2, 0.25) is 0 Å². The molecular formula is C9H14Cl2N2. The van der Waals surface area contributed by atoms with Gasteiger partial charge in [0.1, 0.15) is 0 Å². The summed E-state index contributed by atoms with van der Waals surface area (Å²) in [5.41, 5.74) is 6.45. The highest BCUT2D eigenvalue weighted by molar-refractivity contribution is 5.85. The molecule has 1 aromatic rings. The minimum Gasteiger partial charge on any atom is -0.387 e. The van der Waals surface area contributed by atoms with Gasteiger partial charge in [-0.3, -0.25) is 5.41 Å². The minimum atomic E-state index is 0. The highest BCUT2D eigenvalue weighted by Gasteiger charge is 2.05. The van der Waals surface area contributed by atoms with Crippen LogP contribution in [0.15, 0.2) is 30.3 Å². The van der Waals surface area contributed by atoms with Crippen LogP contribution in [0.4, 0.5) is 0 Å². The normalized spacial score (nSPS) is 10.5. The third-order valence-electron chi connectivity index (χ3n) is 1.77. The van der Waals surface area contributed by atoms with Crippen LogP contribution in [0.5, 0.6) is 0 Å². The van der Waals surface area contributed by atoms with Crippen LogP contribution in [0, 0.1) is 5.41 Å². The van der Waals surface area contributed by atoms with Gasteiger partial charge >= 0.3 is 0 Å². The highest BCUT2D eigenvalue weighted by atomic mass is 35.5. The molecule has 0 aliphatic rings. The number of benzene rings is 1. The van der Waals surface area contributed by atoms with Crippen LogP contribution in [0.25, 0.3) is 0 Å². The molecular weight excluding hydrogens is 207 g/mol. The molecule has 1 atom stereocenters. The van der Waals surface area contributed by atoms with Crippen LogP contribution < -0.4 is 5.73 Å². The molecule has 0 bridgehead atoms. The van der Waals surface area contributed by atoms with Gasteiger partial charge in [-0.2, -0.15) is 0 Å². The molecule has 0 heterocycles. The SMILES string of the molecule is CC(C(=N)N)c1ccccc1.Cl.Cl. The van der Waals surface area contributed by atoms with Crippen molar-refractivity contribution in [3.05, 3.63) is 35.9 Å². The van der Waals surface area contributed by atoms with Crippen molar-refractivity contribution in [3.63, 3.8) is 0 Å². The Bertz CT molecular complexity index is 249. The lowest BCUT2D eigenvalue weighted by atomic mass is 10.0. The molecule has 1 aromatic carbocycles. The van der Waals surface area contributed by atoms with E-state index in [0.29, 0.717) is 0 Å². The van der Waals surface area contributed by atoms with E-state index in [1.54, 1.807) is 0 Å². The Hall–Kier alpha value is -0.730. The molecule has 2 nitrogen and oxygen atoms in total. The molecule has 0 spiro atoms. The van der Waals surface area contributed by atoms with Crippen LogP contribution in [0.2, 0.25) is 0 Å². The van der Waals surface area contributed by atoms with E-state index in [2.05, 4.69) is 0 Å². The first kappa shape index (κ1) is 14.8. The molecule has 0 aromatic heterocycles. The predicted octanol–water partition coefficient (Wildman–Crippen LogP) is 2.57. The summed E-state index contributed by atoms with van der Waals surface area (Å²) in [7, 11) is 0. The van der Waals surface area contributed by atoms with Gasteiger partial charge in [-0.05, 0) is 5.56 Å². The average Bonchev–Trinajstić information content (AvgIpc) is 2.05. The first-order chi connectivity index (χ1) is 5.22. The van der Waals surface area contributed by atoms with Gasteiger partial charge in [-0.1, -0.05) is 37.3 Å². The highest BCUT2D eigenvalue weighted by Crippen LogP contribution is 2.12. The number of amidine groups is 1. The van der Waals surface area contributed by atoms with Gasteiger partial charge < -0.3 is 5.73 Å². The summed E-state index contributed by atoms with van der Waals surface area (Å²) < 4.78 is 0. The van der Waals surface area contributed by atoms with Gasteiger partial charge in [0, 0.05) is 5.92 Å². The molecule has 1 unspecified atom stereocenters. The third-order valence-corrected chi connectivity index (χ3v) is 1.77. The fourth-order valence-electron chi connectivity index (χ4n) is 0.921. The molecule has 4 heteroatoms. The second kappa shape index (κ2) is 6.75. The van der Waals surface area contributed by atoms with E-state index >= 15 is 0 Å². The zero-order chi connectivity index (χ0) is 8.27. The number of nitrogens with two attached hydrogens (primary N) is 1. The lowest BCUT2D eigenvalue weighted by molar-refractivity contribution is 0.992. The van der Waals surface area contributed by atoms with Crippen LogP contribution >= 0.6 is 24.8 Å². The van der Waals surface area contributed by atoms with Crippen LogP contribution in [0.1, 0.15) is 18.4 Å². The monoisotopic (exact) mass is 220 g/mol. The molecule has 74 valence electrons. The molecule has 0 fully saturated rings. The first-order valence-electron chi connectivity index (χ1n) is 3.60. The maximum atomic E-state index is 7.22. The van der Waals surface area contributed by atoms with E-state index in [-0.39, 0.29) is 36.6 Å². The van der Waals surface area contributed by atoms with E-state index in [4.69, 9.17) is 11.1 Å². The largest absolute Gasteiger partial charge is 0.387 e. The average molecular weight is 221 g/mol. The van der Waals surface area contributed by atoms with Crippen molar-refractivity contribution in [2.24, 2.45) is 5.73 Å². The number of hydrogen-bond donors (Lipinski definition) is 2. The Labute approximate surface area is 90.9 Å². The summed E-state index contributed by atoms with van der Waals surface area (Å²) in [5, 5.41) is 7.22. The van der Waals surface area contributed by atoms with Crippen molar-refractivity contribution in [1.29, 1.82) is 5.41 Å². The Morgan fingerprint density at radius 2 is 1.69 bits per heavy atom. The molecule has 0 radical (unpaired) electrons. The van der Waals surface area contributed by atoms with Gasteiger partial charge in [0.15, 0.2) is 0 Å². The van der Waals surface area contributed by atoms with Crippen molar-refractivity contribution in [2.45, 2.75) is 12.8 Å². The van der Waals surface area contributed by atoms with E-state index in [9.17, 15) is 0 Å². The lowest BCUT2D eigenvalue weighted by Crippen LogP contribution is -2.17. The van der Waals surface area contributed by atoms with Crippen LogP contribution in [-0.4, -0.2) is 5.84 Å². The smallest absolute Gasteiger partial charge is 0.0979 e. The minimum absolute atomic E-state index is 0. The van der Waals surface area contributed by atoms with E-state index in [1.165, 1.54) is 0 Å². The standard InChI is InChI=1S/C9H12N2.2ClH/c1-7(9(10)11)8-5-3-2-4-6-8;;/h2-7H,1H3,(H3,10,11);2*1H. The van der Waals surface area contributed by atoms with Gasteiger partial charge in [0.25, 0.3) is 0 Å². The number of hydrogen-bond acceptors (Lipinski definition) is 1. The zero-order valence-electron chi connectivity index (χ0n) is 7.36. The first-order valence-corrected chi connectivity index (χ1v) is 3.60. The van der Waals surface area contributed by atoms with E-state index in [1.807, 2.05) is 37.3 Å². The summed E-state index contributed by atoms with van der Waals surface area (Å²) in [5.74, 6) is 0.257. The lowest BCUT2D eigenvalue weighted by Gasteiger charge is -2.08.